The van der Waals surface area contributed by atoms with Crippen LogP contribution in [0.2, 0.25) is 0 Å². The minimum absolute atomic E-state index is 0.439. The van der Waals surface area contributed by atoms with Crippen molar-refractivity contribution in [1.29, 1.82) is 0 Å². The van der Waals surface area contributed by atoms with E-state index in [0.717, 1.165) is 12.6 Å². The van der Waals surface area contributed by atoms with Crippen LogP contribution in [-0.2, 0) is 4.79 Å². The molecule has 0 aromatic heterocycles. The van der Waals surface area contributed by atoms with Gasteiger partial charge in [0, 0.05) is 26.2 Å². The molecule has 0 bridgehead atoms. The molecule has 2 N–H and O–H groups in total. The SMILES string of the molecule is CCN1CCN(C(=O)C2C=CC=CC2(N)C(F)(F)F)CC1. The van der Waals surface area contributed by atoms with Crippen LogP contribution in [0.5, 0.6) is 0 Å². The van der Waals surface area contributed by atoms with Gasteiger partial charge in [0.25, 0.3) is 0 Å². The van der Waals surface area contributed by atoms with Crippen LogP contribution < -0.4 is 5.73 Å². The molecule has 2 atom stereocenters. The Bertz CT molecular complexity index is 453. The molecule has 0 aromatic carbocycles. The molecule has 0 radical (unpaired) electrons. The molecule has 2 unspecified atom stereocenters. The first-order chi connectivity index (χ1) is 9.79. The van der Waals surface area contributed by atoms with Crippen molar-refractivity contribution in [1.82, 2.24) is 9.80 Å². The molecular formula is C14H20F3N3O. The standard InChI is InChI=1S/C14H20F3N3O/c1-2-19-7-9-20(10-8-19)12(21)11-5-3-4-6-13(11,18)14(15,16)17/h3-6,11H,2,7-10,18H2,1H3. The van der Waals surface area contributed by atoms with E-state index in [4.69, 9.17) is 5.73 Å². The molecule has 0 aromatic rings. The lowest BCUT2D eigenvalue weighted by atomic mass is 9.79. The fourth-order valence-electron chi connectivity index (χ4n) is 2.69. The third kappa shape index (κ3) is 2.98. The first-order valence-electron chi connectivity index (χ1n) is 7.02. The summed E-state index contributed by atoms with van der Waals surface area (Å²) in [5.41, 5.74) is 2.90. The van der Waals surface area contributed by atoms with Crippen LogP contribution in [-0.4, -0.2) is 60.1 Å². The lowest BCUT2D eigenvalue weighted by Gasteiger charge is -2.40. The van der Waals surface area contributed by atoms with Crippen molar-refractivity contribution in [2.24, 2.45) is 11.7 Å². The third-order valence-corrected chi connectivity index (χ3v) is 4.19. The van der Waals surface area contributed by atoms with Crippen LogP contribution in [0.15, 0.2) is 24.3 Å². The Morgan fingerprint density at radius 2 is 1.90 bits per heavy atom. The molecule has 4 nitrogen and oxygen atoms in total. The highest BCUT2D eigenvalue weighted by molar-refractivity contribution is 5.83. The quantitative estimate of drug-likeness (QED) is 0.832. The maximum absolute atomic E-state index is 13.2. The Kier molecular flexibility index (Phi) is 4.43. The topological polar surface area (TPSA) is 49.6 Å². The Morgan fingerprint density at radius 1 is 1.29 bits per heavy atom. The van der Waals surface area contributed by atoms with E-state index in [2.05, 4.69) is 4.90 Å². The summed E-state index contributed by atoms with van der Waals surface area (Å²) in [6.45, 7) is 5.12. The van der Waals surface area contributed by atoms with Gasteiger partial charge in [-0.1, -0.05) is 31.2 Å². The summed E-state index contributed by atoms with van der Waals surface area (Å²) in [4.78, 5) is 16.1. The third-order valence-electron chi connectivity index (χ3n) is 4.19. The Hall–Kier alpha value is -1.34. The molecule has 118 valence electrons. The van der Waals surface area contributed by atoms with E-state index >= 15 is 0 Å². The molecule has 21 heavy (non-hydrogen) atoms. The number of rotatable bonds is 2. The first-order valence-corrected chi connectivity index (χ1v) is 7.02. The molecule has 1 heterocycles. The average Bonchev–Trinajstić information content (AvgIpc) is 2.46. The summed E-state index contributed by atoms with van der Waals surface area (Å²) in [5.74, 6) is -1.94. The van der Waals surface area contributed by atoms with Gasteiger partial charge in [-0.15, -0.1) is 0 Å². The number of carbonyl (C=O) groups is 1. The van der Waals surface area contributed by atoms with E-state index < -0.39 is 23.5 Å². The van der Waals surface area contributed by atoms with Gasteiger partial charge in [-0.25, -0.2) is 0 Å². The van der Waals surface area contributed by atoms with Gasteiger partial charge in [0.2, 0.25) is 5.91 Å². The Labute approximate surface area is 122 Å². The molecule has 0 spiro atoms. The molecule has 1 aliphatic carbocycles. The number of likely N-dealkylation sites (N-methyl/N-ethyl adjacent to an activating group) is 1. The average molecular weight is 303 g/mol. The number of nitrogens with zero attached hydrogens (tertiary/aromatic N) is 2. The predicted octanol–water partition coefficient (Wildman–Crippen LogP) is 1.15. The van der Waals surface area contributed by atoms with E-state index in [9.17, 15) is 18.0 Å². The molecule has 1 amide bonds. The highest BCUT2D eigenvalue weighted by Crippen LogP contribution is 2.38. The number of carbonyl (C=O) groups excluding carboxylic acids is 1. The second-order valence-corrected chi connectivity index (χ2v) is 5.41. The van der Waals surface area contributed by atoms with Gasteiger partial charge < -0.3 is 15.5 Å². The Balaban J connectivity index is 2.14. The monoisotopic (exact) mass is 303 g/mol. The van der Waals surface area contributed by atoms with Crippen molar-refractivity contribution in [3.05, 3.63) is 24.3 Å². The minimum Gasteiger partial charge on any atom is -0.340 e. The van der Waals surface area contributed by atoms with Crippen molar-refractivity contribution in [2.45, 2.75) is 18.6 Å². The summed E-state index contributed by atoms with van der Waals surface area (Å²) in [5, 5.41) is 0. The predicted molar refractivity (Wildman–Crippen MR) is 73.4 cm³/mol. The van der Waals surface area contributed by atoms with Crippen molar-refractivity contribution in [3.8, 4) is 0 Å². The van der Waals surface area contributed by atoms with Crippen LogP contribution in [0.1, 0.15) is 6.92 Å². The number of piperazine rings is 1. The number of hydrogen-bond acceptors (Lipinski definition) is 3. The lowest BCUT2D eigenvalue weighted by Crippen LogP contribution is -2.62. The fraction of sp³-hybridized carbons (Fsp3) is 0.643. The van der Waals surface area contributed by atoms with Gasteiger partial charge in [0.05, 0.1) is 5.92 Å². The van der Waals surface area contributed by atoms with Crippen LogP contribution in [0.3, 0.4) is 0 Å². The first kappa shape index (κ1) is 16.0. The van der Waals surface area contributed by atoms with Gasteiger partial charge in [-0.05, 0) is 6.54 Å². The summed E-state index contributed by atoms with van der Waals surface area (Å²) in [6.07, 6.45) is 0.147. The maximum atomic E-state index is 13.2. The van der Waals surface area contributed by atoms with Crippen LogP contribution in [0.4, 0.5) is 13.2 Å². The zero-order valence-corrected chi connectivity index (χ0v) is 11.9. The number of alkyl halides is 3. The van der Waals surface area contributed by atoms with E-state index in [1.807, 2.05) is 6.92 Å². The highest BCUT2D eigenvalue weighted by atomic mass is 19.4. The molecular weight excluding hydrogens is 283 g/mol. The zero-order chi connectivity index (χ0) is 15.7. The second kappa shape index (κ2) is 5.81. The van der Waals surface area contributed by atoms with E-state index in [1.54, 1.807) is 0 Å². The van der Waals surface area contributed by atoms with Crippen LogP contribution >= 0.6 is 0 Å². The smallest absolute Gasteiger partial charge is 0.340 e. The number of hydrogen-bond donors (Lipinski definition) is 1. The highest BCUT2D eigenvalue weighted by Gasteiger charge is 2.57. The molecule has 1 saturated heterocycles. The summed E-state index contributed by atoms with van der Waals surface area (Å²) < 4.78 is 39.7. The molecule has 0 saturated carbocycles. The number of amides is 1. The largest absolute Gasteiger partial charge is 0.411 e. The number of nitrogens with two attached hydrogens (primary N) is 1. The van der Waals surface area contributed by atoms with Crippen molar-refractivity contribution in [3.63, 3.8) is 0 Å². The van der Waals surface area contributed by atoms with Gasteiger partial charge in [-0.2, -0.15) is 13.2 Å². The summed E-state index contributed by atoms with van der Waals surface area (Å²) in [6, 6.07) is 0. The maximum Gasteiger partial charge on any atom is 0.411 e. The van der Waals surface area contributed by atoms with Gasteiger partial charge in [0.15, 0.2) is 0 Å². The number of allylic oxidation sites excluding steroid dienone is 2. The van der Waals surface area contributed by atoms with Crippen molar-refractivity contribution < 1.29 is 18.0 Å². The van der Waals surface area contributed by atoms with Crippen molar-refractivity contribution >= 4 is 5.91 Å². The zero-order valence-electron chi connectivity index (χ0n) is 11.9. The summed E-state index contributed by atoms with van der Waals surface area (Å²) >= 11 is 0. The molecule has 1 fully saturated rings. The van der Waals surface area contributed by atoms with E-state index in [-0.39, 0.29) is 0 Å². The Morgan fingerprint density at radius 3 is 2.43 bits per heavy atom. The second-order valence-electron chi connectivity index (χ2n) is 5.41. The molecule has 2 aliphatic rings. The van der Waals surface area contributed by atoms with Gasteiger partial charge >= 0.3 is 6.18 Å². The van der Waals surface area contributed by atoms with Crippen LogP contribution in [0.25, 0.3) is 0 Å². The lowest BCUT2D eigenvalue weighted by molar-refractivity contribution is -0.187. The van der Waals surface area contributed by atoms with Crippen molar-refractivity contribution in [2.75, 3.05) is 32.7 Å². The molecule has 7 heteroatoms. The number of halogens is 3. The van der Waals surface area contributed by atoms with E-state index in [0.29, 0.717) is 26.2 Å². The van der Waals surface area contributed by atoms with Gasteiger partial charge in [0.1, 0.15) is 5.54 Å². The summed E-state index contributed by atoms with van der Waals surface area (Å²) in [7, 11) is 0. The fourth-order valence-corrected chi connectivity index (χ4v) is 2.69. The van der Waals surface area contributed by atoms with E-state index in [1.165, 1.54) is 23.1 Å². The van der Waals surface area contributed by atoms with Gasteiger partial charge in [-0.3, -0.25) is 4.79 Å². The minimum atomic E-state index is -4.67. The normalized spacial score (nSPS) is 30.7. The molecule has 1 aliphatic heterocycles. The van der Waals surface area contributed by atoms with Crippen LogP contribution in [0, 0.1) is 5.92 Å². The molecule has 2 rings (SSSR count).